The van der Waals surface area contributed by atoms with Gasteiger partial charge in [0.2, 0.25) is 0 Å². The standard InChI is InChI=1S/C12H17N3O11/c13-15-14-10-8(23)11(24,2-6(19)20)12(25,3-7(21)22)9(26-10)4(16)1-5(17)18/h4,8-10,16,23-25H,1-3H2,(H,17,18)(H,19,20)(H,21,22)/t4?,8-,9+,10+,11+,12+/m0/s1. The molecule has 0 aromatic heterocycles. The summed E-state index contributed by atoms with van der Waals surface area (Å²) in [6.07, 6.45) is -12.7. The monoisotopic (exact) mass is 379 g/mol. The molecule has 1 heterocycles. The first kappa shape index (κ1) is 21.6. The van der Waals surface area contributed by atoms with E-state index in [1.165, 1.54) is 0 Å². The number of azide groups is 1. The van der Waals surface area contributed by atoms with E-state index in [0.29, 0.717) is 0 Å². The molecule has 1 saturated heterocycles. The van der Waals surface area contributed by atoms with Crippen LogP contribution in [0, 0.1) is 0 Å². The van der Waals surface area contributed by atoms with Crippen LogP contribution in [0.2, 0.25) is 0 Å². The largest absolute Gasteiger partial charge is 0.481 e. The smallest absolute Gasteiger partial charge is 0.306 e. The molecule has 26 heavy (non-hydrogen) atoms. The Kier molecular flexibility index (Phi) is 6.49. The lowest BCUT2D eigenvalue weighted by Gasteiger charge is -2.54. The molecule has 14 nitrogen and oxygen atoms in total. The van der Waals surface area contributed by atoms with E-state index in [4.69, 9.17) is 25.6 Å². The number of carboxylic acids is 3. The van der Waals surface area contributed by atoms with Gasteiger partial charge >= 0.3 is 17.9 Å². The molecule has 1 rings (SSSR count). The number of aliphatic hydroxyl groups excluding tert-OH is 2. The van der Waals surface area contributed by atoms with Crippen molar-refractivity contribution in [3.05, 3.63) is 10.4 Å². The van der Waals surface area contributed by atoms with Crippen molar-refractivity contribution in [2.24, 2.45) is 5.11 Å². The van der Waals surface area contributed by atoms with Crippen LogP contribution < -0.4 is 0 Å². The maximum absolute atomic E-state index is 11.1. The van der Waals surface area contributed by atoms with Crippen molar-refractivity contribution in [3.63, 3.8) is 0 Å². The number of hydrogen-bond acceptors (Lipinski definition) is 9. The van der Waals surface area contributed by atoms with Crippen molar-refractivity contribution in [1.29, 1.82) is 0 Å². The van der Waals surface area contributed by atoms with Gasteiger partial charge in [0.25, 0.3) is 0 Å². The van der Waals surface area contributed by atoms with E-state index in [-0.39, 0.29) is 0 Å². The summed E-state index contributed by atoms with van der Waals surface area (Å²) in [4.78, 5) is 35.3. The number of carbonyl (C=O) groups is 3. The Morgan fingerprint density at radius 3 is 2.00 bits per heavy atom. The highest BCUT2D eigenvalue weighted by molar-refractivity contribution is 5.72. The summed E-state index contributed by atoms with van der Waals surface area (Å²) in [6, 6.07) is 0. The van der Waals surface area contributed by atoms with Gasteiger partial charge in [-0.2, -0.15) is 0 Å². The second kappa shape index (κ2) is 7.82. The molecule has 0 radical (unpaired) electrons. The van der Waals surface area contributed by atoms with Crippen LogP contribution in [-0.4, -0.2) is 89.4 Å². The summed E-state index contributed by atoms with van der Waals surface area (Å²) < 4.78 is 4.95. The van der Waals surface area contributed by atoms with Gasteiger partial charge in [0, 0.05) is 4.91 Å². The Morgan fingerprint density at radius 2 is 1.58 bits per heavy atom. The van der Waals surface area contributed by atoms with Crippen molar-refractivity contribution in [1.82, 2.24) is 0 Å². The molecule has 1 aliphatic rings. The van der Waals surface area contributed by atoms with Gasteiger partial charge in [-0.3, -0.25) is 14.4 Å². The normalized spacial score (nSPS) is 35.2. The maximum Gasteiger partial charge on any atom is 0.306 e. The molecular formula is C12H17N3O11. The zero-order valence-electron chi connectivity index (χ0n) is 13.0. The van der Waals surface area contributed by atoms with Gasteiger partial charge in [0.05, 0.1) is 25.4 Å². The molecule has 0 aromatic carbocycles. The van der Waals surface area contributed by atoms with Gasteiger partial charge in [0.1, 0.15) is 23.4 Å². The Labute approximate surface area is 144 Å². The second-order valence-electron chi connectivity index (χ2n) is 5.75. The molecule has 1 unspecified atom stereocenters. The lowest BCUT2D eigenvalue weighted by Crippen LogP contribution is -2.76. The highest BCUT2D eigenvalue weighted by Gasteiger charge is 2.67. The molecule has 14 heteroatoms. The summed E-state index contributed by atoms with van der Waals surface area (Å²) in [6.45, 7) is 0. The first-order valence-corrected chi connectivity index (χ1v) is 7.05. The minimum absolute atomic E-state index is 1.09. The second-order valence-corrected chi connectivity index (χ2v) is 5.75. The van der Waals surface area contributed by atoms with Crippen LogP contribution in [0.15, 0.2) is 5.11 Å². The average molecular weight is 379 g/mol. The maximum atomic E-state index is 11.1. The third-order valence-corrected chi connectivity index (χ3v) is 4.01. The highest BCUT2D eigenvalue weighted by Crippen LogP contribution is 2.44. The fourth-order valence-electron chi connectivity index (χ4n) is 2.88. The van der Waals surface area contributed by atoms with Crippen LogP contribution in [0.5, 0.6) is 0 Å². The Hall–Kier alpha value is -2.48. The average Bonchev–Trinajstić information content (AvgIpc) is 2.46. The van der Waals surface area contributed by atoms with Gasteiger partial charge in [-0.15, -0.1) is 0 Å². The summed E-state index contributed by atoms with van der Waals surface area (Å²) in [5, 5.41) is 71.2. The van der Waals surface area contributed by atoms with Crippen molar-refractivity contribution in [2.45, 2.75) is 55.0 Å². The SMILES string of the molecule is [N-]=[N+]=N[C@@H]1O[C@H](C(O)CC(=O)O)[C@](O)(CC(=O)O)[C@@](O)(CC(=O)O)[C@H]1O. The number of carboxylic acid groups (broad SMARTS) is 3. The van der Waals surface area contributed by atoms with E-state index in [1.807, 2.05) is 0 Å². The fourth-order valence-corrected chi connectivity index (χ4v) is 2.88. The number of nitrogens with zero attached hydrogens (tertiary/aromatic N) is 3. The lowest BCUT2D eigenvalue weighted by molar-refractivity contribution is -0.330. The number of ether oxygens (including phenoxy) is 1. The summed E-state index contributed by atoms with van der Waals surface area (Å²) in [5.74, 6) is -5.14. The third-order valence-electron chi connectivity index (χ3n) is 4.01. The molecule has 1 aliphatic heterocycles. The summed E-state index contributed by atoms with van der Waals surface area (Å²) in [7, 11) is 0. The van der Waals surface area contributed by atoms with Crippen LogP contribution in [-0.2, 0) is 19.1 Å². The predicted octanol–water partition coefficient (Wildman–Crippen LogP) is -2.37. The molecule has 0 spiro atoms. The number of rotatable bonds is 8. The summed E-state index contributed by atoms with van der Waals surface area (Å²) >= 11 is 0. The van der Waals surface area contributed by atoms with E-state index in [2.05, 4.69) is 10.0 Å². The Morgan fingerprint density at radius 1 is 1.08 bits per heavy atom. The zero-order valence-corrected chi connectivity index (χ0v) is 13.0. The van der Waals surface area contributed by atoms with E-state index in [9.17, 15) is 34.8 Å². The molecule has 0 aliphatic carbocycles. The Balaban J connectivity index is 3.56. The minimum Gasteiger partial charge on any atom is -0.481 e. The van der Waals surface area contributed by atoms with Crippen LogP contribution in [0.1, 0.15) is 19.3 Å². The fraction of sp³-hybridized carbons (Fsp3) is 0.750. The predicted molar refractivity (Wildman–Crippen MR) is 76.5 cm³/mol. The van der Waals surface area contributed by atoms with Gasteiger partial charge in [-0.05, 0) is 5.53 Å². The van der Waals surface area contributed by atoms with Crippen LogP contribution in [0.25, 0.3) is 10.4 Å². The van der Waals surface area contributed by atoms with Crippen molar-refractivity contribution >= 4 is 17.9 Å². The van der Waals surface area contributed by atoms with Gasteiger partial charge in [-0.1, -0.05) is 5.11 Å². The molecule has 1 fully saturated rings. The first-order chi connectivity index (χ1) is 11.9. The lowest BCUT2D eigenvalue weighted by atomic mass is 9.67. The van der Waals surface area contributed by atoms with Crippen LogP contribution >= 0.6 is 0 Å². The molecule has 0 saturated carbocycles. The van der Waals surface area contributed by atoms with Crippen molar-refractivity contribution < 1.29 is 54.9 Å². The van der Waals surface area contributed by atoms with Gasteiger partial charge in [0.15, 0.2) is 6.23 Å². The van der Waals surface area contributed by atoms with Crippen LogP contribution in [0.4, 0.5) is 0 Å². The quantitative estimate of drug-likeness (QED) is 0.133. The molecular weight excluding hydrogens is 362 g/mol. The van der Waals surface area contributed by atoms with Crippen LogP contribution in [0.3, 0.4) is 0 Å². The molecule has 0 aromatic rings. The highest BCUT2D eigenvalue weighted by atomic mass is 16.6. The molecule has 7 N–H and O–H groups in total. The number of aliphatic hydroxyl groups is 4. The van der Waals surface area contributed by atoms with Crippen molar-refractivity contribution in [2.75, 3.05) is 0 Å². The van der Waals surface area contributed by atoms with E-state index in [0.717, 1.165) is 0 Å². The van der Waals surface area contributed by atoms with Gasteiger partial charge < -0.3 is 40.5 Å². The summed E-state index contributed by atoms with van der Waals surface area (Å²) in [5.41, 5.74) is 2.20. The molecule has 0 amide bonds. The van der Waals surface area contributed by atoms with Gasteiger partial charge in [-0.25, -0.2) is 0 Å². The molecule has 0 bridgehead atoms. The van der Waals surface area contributed by atoms with E-state index in [1.54, 1.807) is 0 Å². The van der Waals surface area contributed by atoms with E-state index < -0.39 is 72.9 Å². The Bertz CT molecular complexity index is 636. The van der Waals surface area contributed by atoms with Crippen molar-refractivity contribution in [3.8, 4) is 0 Å². The zero-order chi connectivity index (χ0) is 20.3. The first-order valence-electron chi connectivity index (χ1n) is 7.05. The topological polar surface area (TPSA) is 251 Å². The third kappa shape index (κ3) is 4.01. The van der Waals surface area contributed by atoms with E-state index >= 15 is 0 Å². The minimum atomic E-state index is -3.15. The molecule has 146 valence electrons. The number of aliphatic carboxylic acids is 3. The molecule has 6 atom stereocenters. The number of hydrogen-bond donors (Lipinski definition) is 7.